The summed E-state index contributed by atoms with van der Waals surface area (Å²) in [5.74, 6) is 4.28. The first kappa shape index (κ1) is 13.9. The molecule has 2 fully saturated rings. The van der Waals surface area contributed by atoms with Gasteiger partial charge in [0.15, 0.2) is 0 Å². The fourth-order valence-corrected chi connectivity index (χ4v) is 8.25. The van der Waals surface area contributed by atoms with Gasteiger partial charge in [-0.2, -0.15) is 0 Å². The van der Waals surface area contributed by atoms with Gasteiger partial charge in [0.2, 0.25) is 0 Å². The number of thioether (sulfide) groups is 1. The molecule has 1 heterocycles. The maximum Gasteiger partial charge on any atom is 0.0941 e. The SMILES string of the molecule is CC1CCC(C(C)C)C2(C1)SCCCCS2=O. The first-order valence-corrected chi connectivity index (χ1v) is 9.39. The highest BCUT2D eigenvalue weighted by atomic mass is 32.2. The maximum atomic E-state index is 12.7. The minimum Gasteiger partial charge on any atom is -0.258 e. The van der Waals surface area contributed by atoms with E-state index in [4.69, 9.17) is 0 Å². The molecule has 0 radical (unpaired) electrons. The molecular formula is C14H26OS2. The van der Waals surface area contributed by atoms with E-state index in [0.29, 0.717) is 11.8 Å². The van der Waals surface area contributed by atoms with Crippen molar-refractivity contribution < 1.29 is 4.21 Å². The van der Waals surface area contributed by atoms with E-state index in [0.717, 1.165) is 11.7 Å². The number of rotatable bonds is 1. The summed E-state index contributed by atoms with van der Waals surface area (Å²) in [6.45, 7) is 7.00. The average Bonchev–Trinajstić information content (AvgIpc) is 2.43. The van der Waals surface area contributed by atoms with Crippen LogP contribution in [0.25, 0.3) is 0 Å². The summed E-state index contributed by atoms with van der Waals surface area (Å²) in [4.78, 5) is 0. The highest BCUT2D eigenvalue weighted by Gasteiger charge is 2.49. The molecule has 0 N–H and O–H groups in total. The van der Waals surface area contributed by atoms with E-state index in [1.807, 2.05) is 0 Å². The summed E-state index contributed by atoms with van der Waals surface area (Å²) in [5, 5.41) is 0. The van der Waals surface area contributed by atoms with E-state index in [1.165, 1.54) is 37.9 Å². The molecule has 0 bridgehead atoms. The summed E-state index contributed by atoms with van der Waals surface area (Å²) >= 11 is 2.06. The predicted molar refractivity (Wildman–Crippen MR) is 78.8 cm³/mol. The molecule has 1 spiro atoms. The molecule has 4 atom stereocenters. The van der Waals surface area contributed by atoms with Gasteiger partial charge in [-0.25, -0.2) is 0 Å². The molecule has 1 saturated carbocycles. The summed E-state index contributed by atoms with van der Waals surface area (Å²) in [5.41, 5.74) is 0. The summed E-state index contributed by atoms with van der Waals surface area (Å²) in [6, 6.07) is 0. The molecule has 1 aliphatic heterocycles. The lowest BCUT2D eigenvalue weighted by atomic mass is 9.76. The van der Waals surface area contributed by atoms with Gasteiger partial charge in [-0.1, -0.05) is 27.2 Å². The molecule has 0 aromatic heterocycles. The van der Waals surface area contributed by atoms with Crippen molar-refractivity contribution in [1.82, 2.24) is 0 Å². The molecule has 2 aliphatic rings. The summed E-state index contributed by atoms with van der Waals surface area (Å²) in [7, 11) is -0.611. The average molecular weight is 274 g/mol. The highest BCUT2D eigenvalue weighted by Crippen LogP contribution is 2.52. The van der Waals surface area contributed by atoms with Crippen LogP contribution in [0.1, 0.15) is 52.9 Å². The topological polar surface area (TPSA) is 17.1 Å². The fourth-order valence-electron chi connectivity index (χ4n) is 3.51. The smallest absolute Gasteiger partial charge is 0.0941 e. The molecular weight excluding hydrogens is 248 g/mol. The van der Waals surface area contributed by atoms with Crippen LogP contribution in [-0.2, 0) is 10.8 Å². The van der Waals surface area contributed by atoms with E-state index in [-0.39, 0.29) is 4.08 Å². The van der Waals surface area contributed by atoms with Crippen LogP contribution in [0.4, 0.5) is 0 Å². The van der Waals surface area contributed by atoms with Gasteiger partial charge < -0.3 is 0 Å². The van der Waals surface area contributed by atoms with Crippen molar-refractivity contribution in [2.75, 3.05) is 11.5 Å². The monoisotopic (exact) mass is 274 g/mol. The van der Waals surface area contributed by atoms with Crippen LogP contribution < -0.4 is 0 Å². The highest BCUT2D eigenvalue weighted by molar-refractivity contribution is 8.12. The van der Waals surface area contributed by atoms with E-state index < -0.39 is 10.8 Å². The summed E-state index contributed by atoms with van der Waals surface area (Å²) in [6.07, 6.45) is 6.24. The molecule has 2 rings (SSSR count). The van der Waals surface area contributed by atoms with E-state index >= 15 is 0 Å². The Morgan fingerprint density at radius 3 is 2.76 bits per heavy atom. The zero-order chi connectivity index (χ0) is 12.5. The normalized spacial score (nSPS) is 43.9. The van der Waals surface area contributed by atoms with Gasteiger partial charge in [-0.05, 0) is 49.2 Å². The lowest BCUT2D eigenvalue weighted by Gasteiger charge is -2.46. The molecule has 0 aromatic carbocycles. The molecule has 4 unspecified atom stereocenters. The first-order chi connectivity index (χ1) is 8.06. The minimum absolute atomic E-state index is 0.0995. The molecule has 3 heteroatoms. The van der Waals surface area contributed by atoms with Crippen LogP contribution in [-0.4, -0.2) is 19.8 Å². The lowest BCUT2D eigenvalue weighted by molar-refractivity contribution is 0.223. The molecule has 17 heavy (non-hydrogen) atoms. The molecule has 100 valence electrons. The van der Waals surface area contributed by atoms with Gasteiger partial charge in [0.25, 0.3) is 0 Å². The molecule has 1 nitrogen and oxygen atoms in total. The van der Waals surface area contributed by atoms with Gasteiger partial charge in [-0.15, -0.1) is 11.8 Å². The van der Waals surface area contributed by atoms with Crippen LogP contribution in [0.2, 0.25) is 0 Å². The van der Waals surface area contributed by atoms with Crippen LogP contribution >= 0.6 is 11.8 Å². The van der Waals surface area contributed by atoms with Crippen LogP contribution in [0.3, 0.4) is 0 Å². The Balaban J connectivity index is 2.29. The van der Waals surface area contributed by atoms with Crippen molar-refractivity contribution >= 4 is 22.6 Å². The van der Waals surface area contributed by atoms with Gasteiger partial charge in [0.1, 0.15) is 0 Å². The zero-order valence-electron chi connectivity index (χ0n) is 11.4. The van der Waals surface area contributed by atoms with Crippen molar-refractivity contribution in [3.05, 3.63) is 0 Å². The largest absolute Gasteiger partial charge is 0.258 e. The van der Waals surface area contributed by atoms with Gasteiger partial charge in [-0.3, -0.25) is 4.21 Å². The Kier molecular flexibility index (Phi) is 4.62. The van der Waals surface area contributed by atoms with Crippen molar-refractivity contribution in [2.45, 2.75) is 57.0 Å². The van der Waals surface area contributed by atoms with Gasteiger partial charge >= 0.3 is 0 Å². The Bertz CT molecular complexity index is 290. The van der Waals surface area contributed by atoms with Crippen molar-refractivity contribution in [2.24, 2.45) is 17.8 Å². The summed E-state index contributed by atoms with van der Waals surface area (Å²) < 4.78 is 12.8. The molecule has 1 saturated heterocycles. The van der Waals surface area contributed by atoms with Crippen LogP contribution in [0.5, 0.6) is 0 Å². The predicted octanol–water partition coefficient (Wildman–Crippen LogP) is 4.05. The number of hydrogen-bond acceptors (Lipinski definition) is 2. The second kappa shape index (κ2) is 5.64. The lowest BCUT2D eigenvalue weighted by Crippen LogP contribution is -2.46. The van der Waals surface area contributed by atoms with Gasteiger partial charge in [0.05, 0.1) is 4.08 Å². The van der Waals surface area contributed by atoms with Gasteiger partial charge in [0, 0.05) is 16.6 Å². The maximum absolute atomic E-state index is 12.7. The molecule has 0 aromatic rings. The third kappa shape index (κ3) is 2.75. The van der Waals surface area contributed by atoms with Crippen LogP contribution in [0, 0.1) is 17.8 Å². The third-order valence-electron chi connectivity index (χ3n) is 4.43. The van der Waals surface area contributed by atoms with Crippen molar-refractivity contribution in [3.63, 3.8) is 0 Å². The Morgan fingerprint density at radius 2 is 2.06 bits per heavy atom. The Morgan fingerprint density at radius 1 is 1.29 bits per heavy atom. The second-order valence-electron chi connectivity index (χ2n) is 6.15. The Labute approximate surface area is 113 Å². The standard InChI is InChI=1S/C14H26OS2/c1-11(2)13-7-6-12(3)10-14(13)16-8-4-5-9-17(14)15/h11-13H,4-10H2,1-3H3. The molecule has 1 aliphatic carbocycles. The number of hydrogen-bond donors (Lipinski definition) is 0. The van der Waals surface area contributed by atoms with E-state index in [2.05, 4.69) is 32.5 Å². The zero-order valence-corrected chi connectivity index (χ0v) is 13.0. The van der Waals surface area contributed by atoms with E-state index in [9.17, 15) is 4.21 Å². The first-order valence-electron chi connectivity index (χ1n) is 7.08. The third-order valence-corrected chi connectivity index (χ3v) is 8.69. The Hall–Kier alpha value is 0.500. The van der Waals surface area contributed by atoms with Crippen LogP contribution in [0.15, 0.2) is 0 Å². The van der Waals surface area contributed by atoms with Crippen molar-refractivity contribution in [3.8, 4) is 0 Å². The van der Waals surface area contributed by atoms with E-state index in [1.54, 1.807) is 0 Å². The fraction of sp³-hybridized carbons (Fsp3) is 1.00. The second-order valence-corrected chi connectivity index (χ2v) is 9.67. The minimum atomic E-state index is -0.611. The van der Waals surface area contributed by atoms with Crippen molar-refractivity contribution in [1.29, 1.82) is 0 Å². The molecule has 0 amide bonds. The quantitative estimate of drug-likeness (QED) is 0.717.